The molecule has 0 saturated heterocycles. The number of aliphatic carboxylic acids is 1. The van der Waals surface area contributed by atoms with Crippen LogP contribution in [0.2, 0.25) is 0 Å². The standard InChI is InChI=1S/C18H16N2O3S/c1-18(17(22)23,11-7-3-2-4-8-11)14(16(21)24)15-19-12-9-5-6-10-13(12)20-15/h2-10,14H,1H3,(H,19,20)(H,21,24)(H,22,23). The third-order valence-electron chi connectivity index (χ3n) is 4.32. The molecule has 2 N–H and O–H groups in total. The van der Waals surface area contributed by atoms with Gasteiger partial charge in [-0.3, -0.25) is 9.59 Å². The fourth-order valence-corrected chi connectivity index (χ4v) is 3.33. The maximum absolute atomic E-state index is 12.3. The summed E-state index contributed by atoms with van der Waals surface area (Å²) in [5.41, 5.74) is 0.444. The van der Waals surface area contributed by atoms with Gasteiger partial charge in [0.15, 0.2) is 5.12 Å². The van der Waals surface area contributed by atoms with Crippen molar-refractivity contribution in [2.45, 2.75) is 18.3 Å². The lowest BCUT2D eigenvalue weighted by molar-refractivity contribution is -0.145. The predicted molar refractivity (Wildman–Crippen MR) is 94.3 cm³/mol. The first-order valence-electron chi connectivity index (χ1n) is 7.41. The van der Waals surface area contributed by atoms with Crippen molar-refractivity contribution >= 4 is 34.7 Å². The molecular formula is C18H16N2O3S. The van der Waals surface area contributed by atoms with E-state index in [1.54, 1.807) is 36.4 Å². The highest BCUT2D eigenvalue weighted by atomic mass is 32.1. The molecule has 122 valence electrons. The zero-order valence-electron chi connectivity index (χ0n) is 12.9. The van der Waals surface area contributed by atoms with E-state index in [9.17, 15) is 14.7 Å². The van der Waals surface area contributed by atoms with Crippen molar-refractivity contribution in [3.05, 3.63) is 66.0 Å². The minimum absolute atomic E-state index is 0.296. The van der Waals surface area contributed by atoms with Crippen LogP contribution < -0.4 is 0 Å². The van der Waals surface area contributed by atoms with E-state index in [-0.39, 0.29) is 0 Å². The van der Waals surface area contributed by atoms with Crippen LogP contribution >= 0.6 is 12.6 Å². The number of H-pyrrole nitrogens is 1. The second-order valence-electron chi connectivity index (χ2n) is 5.78. The number of thiol groups is 1. The number of benzene rings is 2. The summed E-state index contributed by atoms with van der Waals surface area (Å²) in [6.45, 7) is 1.52. The van der Waals surface area contributed by atoms with E-state index in [1.807, 2.05) is 18.2 Å². The Balaban J connectivity index is 2.21. The van der Waals surface area contributed by atoms with Crippen LogP contribution in [0.1, 0.15) is 24.2 Å². The first-order valence-corrected chi connectivity index (χ1v) is 7.85. The first-order chi connectivity index (χ1) is 11.4. The maximum atomic E-state index is 12.3. The lowest BCUT2D eigenvalue weighted by Crippen LogP contribution is -2.42. The van der Waals surface area contributed by atoms with Gasteiger partial charge in [-0.1, -0.05) is 42.5 Å². The molecule has 1 aromatic heterocycles. The number of nitrogens with one attached hydrogen (secondary N) is 1. The summed E-state index contributed by atoms with van der Waals surface area (Å²) >= 11 is 3.96. The lowest BCUT2D eigenvalue weighted by Gasteiger charge is -2.31. The Morgan fingerprint density at radius 3 is 2.33 bits per heavy atom. The lowest BCUT2D eigenvalue weighted by atomic mass is 9.71. The van der Waals surface area contributed by atoms with Crippen molar-refractivity contribution in [1.29, 1.82) is 0 Å². The van der Waals surface area contributed by atoms with Crippen molar-refractivity contribution in [2.24, 2.45) is 0 Å². The molecule has 6 heteroatoms. The number of nitrogens with zero attached hydrogens (tertiary/aromatic N) is 1. The van der Waals surface area contributed by atoms with Gasteiger partial charge in [0.25, 0.3) is 0 Å². The average molecular weight is 340 g/mol. The minimum atomic E-state index is -1.49. The highest BCUT2D eigenvalue weighted by Gasteiger charge is 2.48. The summed E-state index contributed by atoms with van der Waals surface area (Å²) in [4.78, 5) is 31.9. The molecule has 0 aliphatic carbocycles. The van der Waals surface area contributed by atoms with Gasteiger partial charge in [-0.25, -0.2) is 4.98 Å². The number of aromatic amines is 1. The fraction of sp³-hybridized carbons (Fsp3) is 0.167. The Hall–Kier alpha value is -2.60. The number of hydrogen-bond donors (Lipinski definition) is 3. The molecule has 24 heavy (non-hydrogen) atoms. The van der Waals surface area contributed by atoms with E-state index in [4.69, 9.17) is 0 Å². The van der Waals surface area contributed by atoms with E-state index in [0.29, 0.717) is 16.9 Å². The SMILES string of the molecule is CC(C(=O)O)(c1ccccc1)C(C(=O)S)c1nc2ccccc2[nH]1. The third kappa shape index (κ3) is 2.59. The van der Waals surface area contributed by atoms with E-state index in [0.717, 1.165) is 5.52 Å². The van der Waals surface area contributed by atoms with Crippen LogP contribution in [0.4, 0.5) is 0 Å². The molecule has 3 aromatic rings. The van der Waals surface area contributed by atoms with Crippen LogP contribution in [-0.2, 0) is 15.0 Å². The molecule has 0 amide bonds. The zero-order chi connectivity index (χ0) is 17.3. The first kappa shape index (κ1) is 16.3. The molecule has 0 spiro atoms. The van der Waals surface area contributed by atoms with Gasteiger partial charge in [0.05, 0.1) is 11.0 Å². The molecule has 2 atom stereocenters. The van der Waals surface area contributed by atoms with Gasteiger partial charge < -0.3 is 10.1 Å². The number of aromatic nitrogens is 2. The van der Waals surface area contributed by atoms with Gasteiger partial charge in [-0.05, 0) is 24.6 Å². The van der Waals surface area contributed by atoms with Crippen molar-refractivity contribution in [3.8, 4) is 0 Å². The molecule has 2 aromatic carbocycles. The van der Waals surface area contributed by atoms with Crippen LogP contribution in [-0.4, -0.2) is 26.2 Å². The Labute approximate surface area is 144 Å². The summed E-state index contributed by atoms with van der Waals surface area (Å²) in [6, 6.07) is 16.0. The van der Waals surface area contributed by atoms with E-state index < -0.39 is 22.4 Å². The van der Waals surface area contributed by atoms with E-state index in [1.165, 1.54) is 6.92 Å². The highest BCUT2D eigenvalue weighted by Crippen LogP contribution is 2.40. The molecule has 0 aliphatic rings. The number of carboxylic acid groups (broad SMARTS) is 1. The second-order valence-corrected chi connectivity index (χ2v) is 6.22. The molecule has 0 fully saturated rings. The summed E-state index contributed by atoms with van der Waals surface area (Å²) in [5, 5.41) is 9.36. The molecule has 0 aliphatic heterocycles. The predicted octanol–water partition coefficient (Wildman–Crippen LogP) is 3.15. The number of carbonyl (C=O) groups excluding carboxylic acids is 1. The Kier molecular flexibility index (Phi) is 4.15. The van der Waals surface area contributed by atoms with Gasteiger partial charge in [0.2, 0.25) is 0 Å². The number of para-hydroxylation sites is 2. The largest absolute Gasteiger partial charge is 0.481 e. The molecule has 0 bridgehead atoms. The van der Waals surface area contributed by atoms with Crippen LogP contribution in [0.5, 0.6) is 0 Å². The summed E-state index contributed by atoms with van der Waals surface area (Å²) in [6.07, 6.45) is 0. The summed E-state index contributed by atoms with van der Waals surface area (Å²) < 4.78 is 0. The van der Waals surface area contributed by atoms with Crippen molar-refractivity contribution in [3.63, 3.8) is 0 Å². The van der Waals surface area contributed by atoms with Crippen LogP contribution in [0.15, 0.2) is 54.6 Å². The number of hydrogen-bond acceptors (Lipinski definition) is 3. The van der Waals surface area contributed by atoms with Gasteiger partial charge in [0.1, 0.15) is 17.2 Å². The van der Waals surface area contributed by atoms with E-state index >= 15 is 0 Å². The number of fused-ring (bicyclic) bond motifs is 1. The Morgan fingerprint density at radius 1 is 1.12 bits per heavy atom. The molecular weight excluding hydrogens is 324 g/mol. The molecule has 2 unspecified atom stereocenters. The summed E-state index contributed by atoms with van der Waals surface area (Å²) in [7, 11) is 0. The molecule has 1 heterocycles. The third-order valence-corrected chi connectivity index (χ3v) is 4.58. The highest BCUT2D eigenvalue weighted by molar-refractivity contribution is 7.96. The number of imidazole rings is 1. The number of rotatable bonds is 5. The average Bonchev–Trinajstić information content (AvgIpc) is 2.98. The number of carboxylic acids is 1. The van der Waals surface area contributed by atoms with Crippen LogP contribution in [0, 0.1) is 0 Å². The normalized spacial score (nSPS) is 14.9. The van der Waals surface area contributed by atoms with Crippen molar-refractivity contribution < 1.29 is 14.7 Å². The fourth-order valence-electron chi connectivity index (χ4n) is 2.94. The molecule has 5 nitrogen and oxygen atoms in total. The van der Waals surface area contributed by atoms with Crippen molar-refractivity contribution in [1.82, 2.24) is 9.97 Å². The monoisotopic (exact) mass is 340 g/mol. The Bertz CT molecular complexity index is 874. The maximum Gasteiger partial charge on any atom is 0.315 e. The number of carbonyl (C=O) groups is 2. The second kappa shape index (κ2) is 6.13. The van der Waals surface area contributed by atoms with Gasteiger partial charge >= 0.3 is 5.97 Å². The van der Waals surface area contributed by atoms with Crippen LogP contribution in [0.25, 0.3) is 11.0 Å². The summed E-state index contributed by atoms with van der Waals surface area (Å²) in [5.74, 6) is -1.86. The zero-order valence-corrected chi connectivity index (χ0v) is 13.8. The topological polar surface area (TPSA) is 83.0 Å². The molecule has 0 saturated carbocycles. The van der Waals surface area contributed by atoms with Gasteiger partial charge in [-0.2, -0.15) is 0 Å². The quantitative estimate of drug-likeness (QED) is 0.623. The van der Waals surface area contributed by atoms with Gasteiger partial charge in [-0.15, -0.1) is 12.6 Å². The van der Waals surface area contributed by atoms with E-state index in [2.05, 4.69) is 22.6 Å². The smallest absolute Gasteiger partial charge is 0.315 e. The van der Waals surface area contributed by atoms with Crippen LogP contribution in [0.3, 0.4) is 0 Å². The molecule has 0 radical (unpaired) electrons. The minimum Gasteiger partial charge on any atom is -0.481 e. The Morgan fingerprint density at radius 2 is 1.75 bits per heavy atom. The van der Waals surface area contributed by atoms with Gasteiger partial charge in [0, 0.05) is 0 Å². The van der Waals surface area contributed by atoms with Crippen molar-refractivity contribution in [2.75, 3.05) is 0 Å². The molecule has 3 rings (SSSR count).